The zero-order valence-corrected chi connectivity index (χ0v) is 14.5. The minimum absolute atomic E-state index is 0.00131. The van der Waals surface area contributed by atoms with Crippen LogP contribution in [0.4, 0.5) is 0 Å². The van der Waals surface area contributed by atoms with Gasteiger partial charge >= 0.3 is 0 Å². The van der Waals surface area contributed by atoms with Gasteiger partial charge in [0.15, 0.2) is 0 Å². The Bertz CT molecular complexity index is 665. The highest BCUT2D eigenvalue weighted by molar-refractivity contribution is 5.78. The number of pyridine rings is 1. The maximum Gasteiger partial charge on any atom is 0.234 e. The van der Waals surface area contributed by atoms with Crippen molar-refractivity contribution in [1.82, 2.24) is 25.0 Å². The number of nitrogens with one attached hydrogen (secondary N) is 1. The van der Waals surface area contributed by atoms with Crippen molar-refractivity contribution in [3.63, 3.8) is 0 Å². The lowest BCUT2D eigenvalue weighted by Crippen LogP contribution is -2.36. The van der Waals surface area contributed by atoms with Gasteiger partial charge in [-0.05, 0) is 40.0 Å². The van der Waals surface area contributed by atoms with Gasteiger partial charge in [0, 0.05) is 31.0 Å². The molecular formula is C17H25N5O. The summed E-state index contributed by atoms with van der Waals surface area (Å²) in [7, 11) is 3.83. The average molecular weight is 315 g/mol. The monoisotopic (exact) mass is 315 g/mol. The van der Waals surface area contributed by atoms with Crippen molar-refractivity contribution < 1.29 is 4.79 Å². The van der Waals surface area contributed by atoms with E-state index in [-0.39, 0.29) is 11.9 Å². The van der Waals surface area contributed by atoms with Crippen LogP contribution in [0.3, 0.4) is 0 Å². The summed E-state index contributed by atoms with van der Waals surface area (Å²) < 4.78 is 1.85. The van der Waals surface area contributed by atoms with Crippen molar-refractivity contribution >= 4 is 5.91 Å². The molecule has 6 nitrogen and oxygen atoms in total. The van der Waals surface area contributed by atoms with Gasteiger partial charge in [0.2, 0.25) is 5.91 Å². The molecule has 0 radical (unpaired) electrons. The number of hydrogen-bond donors (Lipinski definition) is 1. The van der Waals surface area contributed by atoms with Gasteiger partial charge in [-0.25, -0.2) is 0 Å². The Kier molecular flexibility index (Phi) is 5.50. The van der Waals surface area contributed by atoms with Crippen molar-refractivity contribution in [3.8, 4) is 0 Å². The number of aromatic nitrogens is 3. The molecule has 6 heteroatoms. The van der Waals surface area contributed by atoms with E-state index in [1.807, 2.05) is 62.6 Å². The number of amides is 1. The lowest BCUT2D eigenvalue weighted by Gasteiger charge is -2.19. The minimum atomic E-state index is -0.0561. The molecule has 0 bridgehead atoms. The first-order valence-electron chi connectivity index (χ1n) is 7.76. The largest absolute Gasteiger partial charge is 0.348 e. The SMILES string of the molecule is Cc1nn(C)c(C)c1[C@@H](C)NC(=O)CN(C)Cc1ccccn1. The maximum absolute atomic E-state index is 12.3. The first-order valence-corrected chi connectivity index (χ1v) is 7.76. The van der Waals surface area contributed by atoms with Gasteiger partial charge in [-0.1, -0.05) is 6.07 Å². The number of carbonyl (C=O) groups is 1. The van der Waals surface area contributed by atoms with Gasteiger partial charge in [0.1, 0.15) is 0 Å². The van der Waals surface area contributed by atoms with Crippen LogP contribution in [0.15, 0.2) is 24.4 Å². The summed E-state index contributed by atoms with van der Waals surface area (Å²) in [6.45, 7) is 6.96. The number of nitrogens with zero attached hydrogens (tertiary/aromatic N) is 4. The first kappa shape index (κ1) is 17.1. The van der Waals surface area contributed by atoms with Crippen LogP contribution in [0.5, 0.6) is 0 Å². The Morgan fingerprint density at radius 1 is 1.39 bits per heavy atom. The third-order valence-corrected chi connectivity index (χ3v) is 3.95. The number of carbonyl (C=O) groups excluding carboxylic acids is 1. The summed E-state index contributed by atoms with van der Waals surface area (Å²) in [5.74, 6) is -0.00131. The Balaban J connectivity index is 1.91. The molecule has 0 saturated heterocycles. The molecule has 2 aromatic rings. The van der Waals surface area contributed by atoms with E-state index in [9.17, 15) is 4.79 Å². The maximum atomic E-state index is 12.3. The molecule has 1 N–H and O–H groups in total. The second kappa shape index (κ2) is 7.37. The number of likely N-dealkylation sites (N-methyl/N-ethyl adjacent to an activating group) is 1. The molecule has 1 amide bonds. The van der Waals surface area contributed by atoms with E-state index >= 15 is 0 Å². The van der Waals surface area contributed by atoms with Gasteiger partial charge < -0.3 is 5.32 Å². The van der Waals surface area contributed by atoms with Crippen molar-refractivity contribution in [2.45, 2.75) is 33.4 Å². The number of hydrogen-bond acceptors (Lipinski definition) is 4. The quantitative estimate of drug-likeness (QED) is 0.882. The fourth-order valence-electron chi connectivity index (χ4n) is 2.85. The Hall–Kier alpha value is -2.21. The van der Waals surface area contributed by atoms with Gasteiger partial charge in [-0.2, -0.15) is 5.10 Å². The molecule has 0 saturated carbocycles. The molecule has 2 rings (SSSR count). The van der Waals surface area contributed by atoms with E-state index in [1.165, 1.54) is 0 Å². The molecule has 0 unspecified atom stereocenters. The van der Waals surface area contributed by atoms with Crippen LogP contribution in [0.1, 0.15) is 35.6 Å². The highest BCUT2D eigenvalue weighted by Crippen LogP contribution is 2.20. The van der Waals surface area contributed by atoms with Crippen LogP contribution in [-0.2, 0) is 18.4 Å². The Labute approximate surface area is 137 Å². The Morgan fingerprint density at radius 3 is 2.70 bits per heavy atom. The van der Waals surface area contributed by atoms with E-state index in [1.54, 1.807) is 6.20 Å². The van der Waals surface area contributed by atoms with Gasteiger partial charge in [0.05, 0.1) is 24.0 Å². The zero-order valence-electron chi connectivity index (χ0n) is 14.5. The fraction of sp³-hybridized carbons (Fsp3) is 0.471. The highest BCUT2D eigenvalue weighted by atomic mass is 16.2. The van der Waals surface area contributed by atoms with Crippen LogP contribution < -0.4 is 5.32 Å². The lowest BCUT2D eigenvalue weighted by atomic mass is 10.1. The van der Waals surface area contributed by atoms with Gasteiger partial charge in [-0.15, -0.1) is 0 Å². The van der Waals surface area contributed by atoms with Crippen molar-refractivity contribution in [3.05, 3.63) is 47.0 Å². The van der Waals surface area contributed by atoms with E-state index in [0.717, 1.165) is 22.6 Å². The molecule has 23 heavy (non-hydrogen) atoms. The lowest BCUT2D eigenvalue weighted by molar-refractivity contribution is -0.122. The first-order chi connectivity index (χ1) is 10.9. The molecule has 1 atom stereocenters. The molecule has 0 spiro atoms. The topological polar surface area (TPSA) is 63.1 Å². The van der Waals surface area contributed by atoms with Gasteiger partial charge in [-0.3, -0.25) is 19.4 Å². The van der Waals surface area contributed by atoms with Crippen LogP contribution >= 0.6 is 0 Å². The third-order valence-electron chi connectivity index (χ3n) is 3.95. The third kappa shape index (κ3) is 4.39. The second-order valence-electron chi connectivity index (χ2n) is 5.99. The van der Waals surface area contributed by atoms with E-state index in [4.69, 9.17) is 0 Å². The summed E-state index contributed by atoms with van der Waals surface area (Å²) in [6.07, 6.45) is 1.76. The second-order valence-corrected chi connectivity index (χ2v) is 5.99. The van der Waals surface area contributed by atoms with Crippen LogP contribution in [0.25, 0.3) is 0 Å². The van der Waals surface area contributed by atoms with Crippen molar-refractivity contribution in [2.24, 2.45) is 7.05 Å². The standard InChI is InChI=1S/C17H25N5O/c1-12(17-13(2)20-22(5)14(17)3)19-16(23)11-21(4)10-15-8-6-7-9-18-15/h6-9,12H,10-11H2,1-5H3,(H,19,23)/t12-/m1/s1. The van der Waals surface area contributed by atoms with Crippen LogP contribution in [0, 0.1) is 13.8 Å². The molecule has 124 valence electrons. The minimum Gasteiger partial charge on any atom is -0.348 e. The zero-order chi connectivity index (χ0) is 17.0. The molecule has 2 aromatic heterocycles. The summed E-state index contributed by atoms with van der Waals surface area (Å²) in [6, 6.07) is 5.74. The molecule has 0 aliphatic heterocycles. The normalized spacial score (nSPS) is 12.4. The molecule has 2 heterocycles. The van der Waals surface area contributed by atoms with E-state index < -0.39 is 0 Å². The predicted molar refractivity (Wildman–Crippen MR) is 89.8 cm³/mol. The summed E-state index contributed by atoms with van der Waals surface area (Å²) >= 11 is 0. The molecule has 0 aliphatic carbocycles. The van der Waals surface area contributed by atoms with Crippen LogP contribution in [-0.4, -0.2) is 39.2 Å². The van der Waals surface area contributed by atoms with E-state index in [0.29, 0.717) is 13.1 Å². The van der Waals surface area contributed by atoms with Crippen molar-refractivity contribution in [2.75, 3.05) is 13.6 Å². The average Bonchev–Trinajstić information content (AvgIpc) is 2.72. The number of aryl methyl sites for hydroxylation is 2. The number of rotatable bonds is 6. The molecule has 0 fully saturated rings. The molecular weight excluding hydrogens is 290 g/mol. The van der Waals surface area contributed by atoms with Crippen LogP contribution in [0.2, 0.25) is 0 Å². The summed E-state index contributed by atoms with van der Waals surface area (Å²) in [4.78, 5) is 18.5. The highest BCUT2D eigenvalue weighted by Gasteiger charge is 2.18. The Morgan fingerprint density at radius 2 is 2.13 bits per heavy atom. The predicted octanol–water partition coefficient (Wildman–Crippen LogP) is 1.74. The van der Waals surface area contributed by atoms with Crippen molar-refractivity contribution in [1.29, 1.82) is 0 Å². The van der Waals surface area contributed by atoms with E-state index in [2.05, 4.69) is 15.4 Å². The fourth-order valence-corrected chi connectivity index (χ4v) is 2.85. The van der Waals surface area contributed by atoms with Gasteiger partial charge in [0.25, 0.3) is 0 Å². The summed E-state index contributed by atoms with van der Waals surface area (Å²) in [5, 5.41) is 7.46. The molecule has 0 aliphatic rings. The summed E-state index contributed by atoms with van der Waals surface area (Å²) in [5.41, 5.74) is 4.08. The molecule has 0 aromatic carbocycles. The smallest absolute Gasteiger partial charge is 0.234 e.